The van der Waals surface area contributed by atoms with E-state index in [2.05, 4.69) is 4.98 Å². The second-order valence-corrected chi connectivity index (χ2v) is 4.41. The predicted molar refractivity (Wildman–Crippen MR) is 58.7 cm³/mol. The smallest absolute Gasteiger partial charge is 0.0296 e. The Bertz CT molecular complexity index is 264. The van der Waals surface area contributed by atoms with Gasteiger partial charge in [-0.3, -0.25) is 4.98 Å². The summed E-state index contributed by atoms with van der Waals surface area (Å²) >= 11 is 0. The van der Waals surface area contributed by atoms with Gasteiger partial charge < -0.3 is 11.5 Å². The van der Waals surface area contributed by atoms with Gasteiger partial charge in [0.05, 0.1) is 0 Å². The molecule has 1 aromatic rings. The molecule has 0 saturated heterocycles. The minimum absolute atomic E-state index is 0.0702. The molecule has 0 saturated carbocycles. The van der Waals surface area contributed by atoms with Crippen molar-refractivity contribution in [1.82, 2.24) is 4.98 Å². The molecule has 78 valence electrons. The summed E-state index contributed by atoms with van der Waals surface area (Å²) in [5.74, 6) is 0. The SMILES string of the molecule is CC(C)(N)CCC(N)c1ccncc1. The van der Waals surface area contributed by atoms with Gasteiger partial charge in [-0.15, -0.1) is 0 Å². The second kappa shape index (κ2) is 4.53. The van der Waals surface area contributed by atoms with Gasteiger partial charge in [-0.05, 0) is 44.4 Å². The molecule has 0 bridgehead atoms. The van der Waals surface area contributed by atoms with Crippen LogP contribution in [0.5, 0.6) is 0 Å². The highest BCUT2D eigenvalue weighted by molar-refractivity contribution is 5.14. The number of hydrogen-bond acceptors (Lipinski definition) is 3. The Morgan fingerprint density at radius 1 is 1.36 bits per heavy atom. The van der Waals surface area contributed by atoms with Crippen LogP contribution in [0.4, 0.5) is 0 Å². The fraction of sp³-hybridized carbons (Fsp3) is 0.545. The van der Waals surface area contributed by atoms with Gasteiger partial charge in [0, 0.05) is 24.0 Å². The van der Waals surface area contributed by atoms with E-state index in [1.54, 1.807) is 12.4 Å². The first-order valence-corrected chi connectivity index (χ1v) is 4.93. The molecule has 1 atom stereocenters. The first-order chi connectivity index (χ1) is 6.49. The Labute approximate surface area is 85.5 Å². The lowest BCUT2D eigenvalue weighted by Gasteiger charge is -2.21. The van der Waals surface area contributed by atoms with Crippen LogP contribution in [0.2, 0.25) is 0 Å². The van der Waals surface area contributed by atoms with E-state index in [-0.39, 0.29) is 11.6 Å². The van der Waals surface area contributed by atoms with E-state index in [0.29, 0.717) is 0 Å². The van der Waals surface area contributed by atoms with Crippen molar-refractivity contribution in [3.63, 3.8) is 0 Å². The largest absolute Gasteiger partial charge is 0.326 e. The molecule has 1 aromatic heterocycles. The van der Waals surface area contributed by atoms with Crippen LogP contribution in [-0.2, 0) is 0 Å². The van der Waals surface area contributed by atoms with Gasteiger partial charge in [0.1, 0.15) is 0 Å². The van der Waals surface area contributed by atoms with Crippen LogP contribution < -0.4 is 11.5 Å². The highest BCUT2D eigenvalue weighted by atomic mass is 14.7. The fourth-order valence-electron chi connectivity index (χ4n) is 1.30. The predicted octanol–water partition coefficient (Wildman–Crippen LogP) is 1.60. The van der Waals surface area contributed by atoms with Crippen LogP contribution in [0.25, 0.3) is 0 Å². The van der Waals surface area contributed by atoms with Gasteiger partial charge in [0.2, 0.25) is 0 Å². The summed E-state index contributed by atoms with van der Waals surface area (Å²) in [6.45, 7) is 4.04. The first-order valence-electron chi connectivity index (χ1n) is 4.93. The number of hydrogen-bond donors (Lipinski definition) is 2. The van der Waals surface area contributed by atoms with Crippen molar-refractivity contribution in [2.75, 3.05) is 0 Å². The summed E-state index contributed by atoms with van der Waals surface area (Å²) in [5.41, 5.74) is 12.9. The molecule has 0 aliphatic heterocycles. The highest BCUT2D eigenvalue weighted by Crippen LogP contribution is 2.18. The summed E-state index contributed by atoms with van der Waals surface area (Å²) in [7, 11) is 0. The average Bonchev–Trinajstić information content (AvgIpc) is 2.14. The summed E-state index contributed by atoms with van der Waals surface area (Å²) in [4.78, 5) is 3.96. The highest BCUT2D eigenvalue weighted by Gasteiger charge is 2.13. The van der Waals surface area contributed by atoms with Crippen molar-refractivity contribution in [3.05, 3.63) is 30.1 Å². The summed E-state index contributed by atoms with van der Waals surface area (Å²) in [6, 6.07) is 3.98. The maximum Gasteiger partial charge on any atom is 0.0296 e. The molecule has 0 amide bonds. The molecular weight excluding hydrogens is 174 g/mol. The van der Waals surface area contributed by atoms with E-state index in [1.807, 2.05) is 26.0 Å². The number of rotatable bonds is 4. The molecule has 4 N–H and O–H groups in total. The Kier molecular flexibility index (Phi) is 3.61. The van der Waals surface area contributed by atoms with Crippen LogP contribution in [0.3, 0.4) is 0 Å². The third-order valence-corrected chi connectivity index (χ3v) is 2.23. The Morgan fingerprint density at radius 2 is 1.93 bits per heavy atom. The van der Waals surface area contributed by atoms with Crippen LogP contribution in [0.1, 0.15) is 38.3 Å². The van der Waals surface area contributed by atoms with E-state index in [0.717, 1.165) is 18.4 Å². The molecule has 0 fully saturated rings. The molecule has 0 aliphatic carbocycles. The number of pyridine rings is 1. The Morgan fingerprint density at radius 3 is 2.43 bits per heavy atom. The lowest BCUT2D eigenvalue weighted by atomic mass is 9.94. The normalized spacial score (nSPS) is 14.0. The van der Waals surface area contributed by atoms with Gasteiger partial charge >= 0.3 is 0 Å². The van der Waals surface area contributed by atoms with Crippen molar-refractivity contribution >= 4 is 0 Å². The molecule has 3 nitrogen and oxygen atoms in total. The second-order valence-electron chi connectivity index (χ2n) is 4.41. The minimum atomic E-state index is -0.134. The van der Waals surface area contributed by atoms with Gasteiger partial charge in [-0.2, -0.15) is 0 Å². The Balaban J connectivity index is 2.48. The molecule has 0 radical (unpaired) electrons. The maximum absolute atomic E-state index is 6.02. The van der Waals surface area contributed by atoms with E-state index in [9.17, 15) is 0 Å². The third-order valence-electron chi connectivity index (χ3n) is 2.23. The van der Waals surface area contributed by atoms with E-state index >= 15 is 0 Å². The van der Waals surface area contributed by atoms with E-state index < -0.39 is 0 Å². The van der Waals surface area contributed by atoms with E-state index in [1.165, 1.54) is 0 Å². The third kappa shape index (κ3) is 3.85. The molecule has 0 aliphatic rings. The number of nitrogens with two attached hydrogens (primary N) is 2. The van der Waals surface area contributed by atoms with Crippen molar-refractivity contribution in [2.45, 2.75) is 38.3 Å². The minimum Gasteiger partial charge on any atom is -0.326 e. The molecule has 1 heterocycles. The monoisotopic (exact) mass is 193 g/mol. The van der Waals surface area contributed by atoms with Crippen molar-refractivity contribution in [3.8, 4) is 0 Å². The van der Waals surface area contributed by atoms with Crippen molar-refractivity contribution in [1.29, 1.82) is 0 Å². The lowest BCUT2D eigenvalue weighted by molar-refractivity contribution is 0.433. The summed E-state index contributed by atoms with van der Waals surface area (Å²) < 4.78 is 0. The van der Waals surface area contributed by atoms with Gasteiger partial charge in [-0.1, -0.05) is 0 Å². The standard InChI is InChI=1S/C11H19N3/c1-11(2,13)6-3-10(12)9-4-7-14-8-5-9/h4-5,7-8,10H,3,6,12-13H2,1-2H3. The molecule has 0 aromatic carbocycles. The maximum atomic E-state index is 6.02. The zero-order valence-corrected chi connectivity index (χ0v) is 8.90. The molecular formula is C11H19N3. The van der Waals surface area contributed by atoms with Crippen LogP contribution in [0.15, 0.2) is 24.5 Å². The van der Waals surface area contributed by atoms with E-state index in [4.69, 9.17) is 11.5 Å². The summed E-state index contributed by atoms with van der Waals surface area (Å²) in [5, 5.41) is 0. The molecule has 3 heteroatoms. The van der Waals surface area contributed by atoms with Gasteiger partial charge in [0.15, 0.2) is 0 Å². The van der Waals surface area contributed by atoms with Gasteiger partial charge in [0.25, 0.3) is 0 Å². The average molecular weight is 193 g/mol. The van der Waals surface area contributed by atoms with Crippen molar-refractivity contribution in [2.24, 2.45) is 11.5 Å². The Hall–Kier alpha value is -0.930. The van der Waals surface area contributed by atoms with Crippen LogP contribution in [-0.4, -0.2) is 10.5 Å². The molecule has 1 unspecified atom stereocenters. The molecule has 1 rings (SSSR count). The first kappa shape index (κ1) is 11.1. The molecule has 14 heavy (non-hydrogen) atoms. The molecule has 0 spiro atoms. The zero-order chi connectivity index (χ0) is 10.6. The number of nitrogens with zero attached hydrogens (tertiary/aromatic N) is 1. The van der Waals surface area contributed by atoms with Gasteiger partial charge in [-0.25, -0.2) is 0 Å². The number of aromatic nitrogens is 1. The topological polar surface area (TPSA) is 64.9 Å². The summed E-state index contributed by atoms with van der Waals surface area (Å²) in [6.07, 6.45) is 5.37. The van der Waals surface area contributed by atoms with Crippen LogP contribution >= 0.6 is 0 Å². The quantitative estimate of drug-likeness (QED) is 0.763. The van der Waals surface area contributed by atoms with Crippen LogP contribution in [0, 0.1) is 0 Å². The van der Waals surface area contributed by atoms with Crippen molar-refractivity contribution < 1.29 is 0 Å². The lowest BCUT2D eigenvalue weighted by Crippen LogP contribution is -2.32. The fourth-order valence-corrected chi connectivity index (χ4v) is 1.30. The zero-order valence-electron chi connectivity index (χ0n) is 8.90.